The van der Waals surface area contributed by atoms with E-state index in [1.54, 1.807) is 37.3 Å². The molecular weight excluding hydrogens is 400 g/mol. The Morgan fingerprint density at radius 3 is 2.74 bits per heavy atom. The Morgan fingerprint density at radius 1 is 1.29 bits per heavy atom. The topological polar surface area (TPSA) is 131 Å². The number of ether oxygens (including phenoxy) is 2. The van der Waals surface area contributed by atoms with Gasteiger partial charge in [-0.3, -0.25) is 14.9 Å². The number of aromatic amines is 1. The summed E-state index contributed by atoms with van der Waals surface area (Å²) < 4.78 is 11.1. The van der Waals surface area contributed by atoms with Gasteiger partial charge in [0.05, 0.1) is 34.6 Å². The summed E-state index contributed by atoms with van der Waals surface area (Å²) in [5.41, 5.74) is 0.161. The van der Waals surface area contributed by atoms with Crippen molar-refractivity contribution in [3.05, 3.63) is 68.3 Å². The van der Waals surface area contributed by atoms with E-state index in [1.165, 1.54) is 12.1 Å². The number of nitrogens with one attached hydrogen (secondary N) is 1. The summed E-state index contributed by atoms with van der Waals surface area (Å²) in [6, 6.07) is 11.6. The van der Waals surface area contributed by atoms with Crippen LogP contribution >= 0.6 is 0 Å². The molecule has 0 unspecified atom stereocenters. The van der Waals surface area contributed by atoms with Crippen molar-refractivity contribution in [2.45, 2.75) is 20.3 Å². The lowest BCUT2D eigenvalue weighted by Gasteiger charge is -2.13. The third kappa shape index (κ3) is 4.70. The molecule has 0 spiro atoms. The van der Waals surface area contributed by atoms with Gasteiger partial charge in [-0.2, -0.15) is 5.26 Å². The molecule has 3 rings (SSSR count). The molecule has 0 radical (unpaired) electrons. The standard InChI is InChI=1S/C22H20N4O5/c1-3-9-31-20-18(26(28)29)11-14(12-19(20)30-4-2)10-15(13-23)21-24-17-8-6-5-7-16(17)22(27)25-21/h5-8,10-12H,3-4,9H2,1-2H3,(H,24,25,27)/b15-10-. The highest BCUT2D eigenvalue weighted by atomic mass is 16.6. The zero-order valence-electron chi connectivity index (χ0n) is 17.0. The van der Waals surface area contributed by atoms with Crippen LogP contribution in [0.2, 0.25) is 0 Å². The Morgan fingerprint density at radius 2 is 2.06 bits per heavy atom. The molecule has 0 bridgehead atoms. The van der Waals surface area contributed by atoms with Gasteiger partial charge in [0.2, 0.25) is 5.75 Å². The van der Waals surface area contributed by atoms with Crippen LogP contribution < -0.4 is 15.0 Å². The van der Waals surface area contributed by atoms with E-state index < -0.39 is 4.92 Å². The molecule has 1 heterocycles. The third-order valence-electron chi connectivity index (χ3n) is 4.30. The number of benzene rings is 2. The smallest absolute Gasteiger partial charge is 0.315 e. The highest BCUT2D eigenvalue weighted by molar-refractivity contribution is 5.89. The normalized spacial score (nSPS) is 11.2. The maximum atomic E-state index is 12.3. The largest absolute Gasteiger partial charge is 0.490 e. The first-order valence-electron chi connectivity index (χ1n) is 9.67. The van der Waals surface area contributed by atoms with Gasteiger partial charge >= 0.3 is 5.69 Å². The first kappa shape index (κ1) is 21.5. The molecule has 0 saturated heterocycles. The fourth-order valence-electron chi connectivity index (χ4n) is 2.97. The van der Waals surface area contributed by atoms with Crippen LogP contribution in [0, 0.1) is 21.4 Å². The number of nitrogens with zero attached hydrogens (tertiary/aromatic N) is 3. The van der Waals surface area contributed by atoms with E-state index in [4.69, 9.17) is 9.47 Å². The van der Waals surface area contributed by atoms with Crippen molar-refractivity contribution in [3.63, 3.8) is 0 Å². The number of rotatable bonds is 8. The highest BCUT2D eigenvalue weighted by Crippen LogP contribution is 2.39. The number of aromatic nitrogens is 2. The Bertz CT molecular complexity index is 1260. The van der Waals surface area contributed by atoms with Gasteiger partial charge in [-0.25, -0.2) is 4.98 Å². The summed E-state index contributed by atoms with van der Waals surface area (Å²) in [7, 11) is 0. The van der Waals surface area contributed by atoms with E-state index in [2.05, 4.69) is 9.97 Å². The molecule has 0 amide bonds. The number of nitro benzene ring substituents is 1. The molecule has 1 aromatic heterocycles. The number of fused-ring (bicyclic) bond motifs is 1. The lowest BCUT2D eigenvalue weighted by Crippen LogP contribution is -2.11. The van der Waals surface area contributed by atoms with Crippen molar-refractivity contribution in [1.82, 2.24) is 9.97 Å². The van der Waals surface area contributed by atoms with Gasteiger partial charge in [0.1, 0.15) is 6.07 Å². The summed E-state index contributed by atoms with van der Waals surface area (Å²) in [6.07, 6.45) is 2.08. The molecule has 0 aliphatic heterocycles. The zero-order chi connectivity index (χ0) is 22.4. The molecule has 0 aliphatic carbocycles. The lowest BCUT2D eigenvalue weighted by molar-refractivity contribution is -0.386. The minimum absolute atomic E-state index is 0.0431. The second kappa shape index (κ2) is 9.54. The zero-order valence-corrected chi connectivity index (χ0v) is 17.0. The van der Waals surface area contributed by atoms with E-state index in [9.17, 15) is 20.2 Å². The lowest BCUT2D eigenvalue weighted by atomic mass is 10.1. The fourth-order valence-corrected chi connectivity index (χ4v) is 2.97. The number of hydrogen-bond acceptors (Lipinski definition) is 7. The minimum Gasteiger partial charge on any atom is -0.490 e. The van der Waals surface area contributed by atoms with Crippen LogP contribution in [0.5, 0.6) is 11.5 Å². The molecule has 0 atom stereocenters. The average Bonchev–Trinajstić information content (AvgIpc) is 2.76. The Labute approximate surface area is 177 Å². The summed E-state index contributed by atoms with van der Waals surface area (Å²) in [5, 5.41) is 21.7. The predicted octanol–water partition coefficient (Wildman–Crippen LogP) is 4.08. The quantitative estimate of drug-likeness (QED) is 0.330. The Kier molecular flexibility index (Phi) is 6.62. The van der Waals surface area contributed by atoms with E-state index in [-0.39, 0.29) is 40.8 Å². The van der Waals surface area contributed by atoms with Gasteiger partial charge < -0.3 is 14.5 Å². The van der Waals surface area contributed by atoms with Crippen LogP contribution in [0.25, 0.3) is 22.6 Å². The van der Waals surface area contributed by atoms with Crippen LogP contribution in [0.15, 0.2) is 41.2 Å². The Balaban J connectivity index is 2.15. The van der Waals surface area contributed by atoms with Crippen molar-refractivity contribution in [2.24, 2.45) is 0 Å². The molecule has 2 aromatic carbocycles. The van der Waals surface area contributed by atoms with Crippen molar-refractivity contribution >= 4 is 28.2 Å². The Hall–Kier alpha value is -4.19. The number of H-pyrrole nitrogens is 1. The fraction of sp³-hybridized carbons (Fsp3) is 0.227. The molecule has 0 saturated carbocycles. The maximum absolute atomic E-state index is 12.3. The van der Waals surface area contributed by atoms with Gasteiger partial charge in [-0.15, -0.1) is 0 Å². The third-order valence-corrected chi connectivity index (χ3v) is 4.30. The first-order chi connectivity index (χ1) is 15.0. The molecule has 9 heteroatoms. The van der Waals surface area contributed by atoms with Crippen LogP contribution in [-0.4, -0.2) is 28.1 Å². The molecule has 158 valence electrons. The van der Waals surface area contributed by atoms with Gasteiger partial charge in [0.15, 0.2) is 11.6 Å². The predicted molar refractivity (Wildman–Crippen MR) is 116 cm³/mol. The van der Waals surface area contributed by atoms with Crippen molar-refractivity contribution in [2.75, 3.05) is 13.2 Å². The summed E-state index contributed by atoms with van der Waals surface area (Å²) in [6.45, 7) is 4.21. The second-order valence-corrected chi connectivity index (χ2v) is 6.51. The molecule has 31 heavy (non-hydrogen) atoms. The van der Waals surface area contributed by atoms with Gasteiger partial charge in [0, 0.05) is 6.07 Å². The molecule has 9 nitrogen and oxygen atoms in total. The van der Waals surface area contributed by atoms with Crippen LogP contribution in [0.1, 0.15) is 31.7 Å². The highest BCUT2D eigenvalue weighted by Gasteiger charge is 2.22. The van der Waals surface area contributed by atoms with Crippen LogP contribution in [0.4, 0.5) is 5.69 Å². The van der Waals surface area contributed by atoms with Gasteiger partial charge in [-0.05, 0) is 43.2 Å². The van der Waals surface area contributed by atoms with E-state index in [1.807, 2.05) is 13.0 Å². The van der Waals surface area contributed by atoms with Crippen molar-refractivity contribution in [3.8, 4) is 17.6 Å². The molecule has 1 N–H and O–H groups in total. The number of allylic oxidation sites excluding steroid dienone is 1. The minimum atomic E-state index is -0.562. The molecular formula is C22H20N4O5. The van der Waals surface area contributed by atoms with Crippen LogP contribution in [-0.2, 0) is 0 Å². The van der Waals surface area contributed by atoms with E-state index in [0.717, 1.165) is 0 Å². The second-order valence-electron chi connectivity index (χ2n) is 6.51. The summed E-state index contributed by atoms with van der Waals surface area (Å²) in [4.78, 5) is 30.3. The summed E-state index contributed by atoms with van der Waals surface area (Å²) in [5.74, 6) is 0.313. The average molecular weight is 420 g/mol. The number of hydrogen-bond donors (Lipinski definition) is 1. The summed E-state index contributed by atoms with van der Waals surface area (Å²) >= 11 is 0. The number of para-hydroxylation sites is 1. The monoisotopic (exact) mass is 420 g/mol. The molecule has 0 fully saturated rings. The SMILES string of the molecule is CCCOc1c(OCC)cc(/C=C(/C#N)c2nc3ccccc3c(=O)[nH]2)cc1[N+](=O)[O-]. The maximum Gasteiger partial charge on any atom is 0.315 e. The van der Waals surface area contributed by atoms with E-state index in [0.29, 0.717) is 29.5 Å². The van der Waals surface area contributed by atoms with Crippen molar-refractivity contribution < 1.29 is 14.4 Å². The van der Waals surface area contributed by atoms with E-state index >= 15 is 0 Å². The van der Waals surface area contributed by atoms with Crippen molar-refractivity contribution in [1.29, 1.82) is 5.26 Å². The first-order valence-corrected chi connectivity index (χ1v) is 9.67. The van der Waals surface area contributed by atoms with Gasteiger partial charge in [0.25, 0.3) is 5.56 Å². The number of nitriles is 1. The molecule has 0 aliphatic rings. The number of nitro groups is 1. The molecule has 3 aromatic rings. The van der Waals surface area contributed by atoms with Crippen LogP contribution in [0.3, 0.4) is 0 Å². The van der Waals surface area contributed by atoms with Gasteiger partial charge in [-0.1, -0.05) is 19.1 Å².